The van der Waals surface area contributed by atoms with Crippen molar-refractivity contribution in [3.05, 3.63) is 71.3 Å². The first kappa shape index (κ1) is 24.3. The van der Waals surface area contributed by atoms with Gasteiger partial charge in [0.2, 0.25) is 11.8 Å². The monoisotopic (exact) mass is 464 g/mol. The van der Waals surface area contributed by atoms with Gasteiger partial charge >= 0.3 is 11.7 Å². The Morgan fingerprint density at radius 3 is 2.38 bits per heavy atom. The van der Waals surface area contributed by atoms with Crippen molar-refractivity contribution in [3.63, 3.8) is 0 Å². The molecule has 2 atom stereocenters. The number of nitrogens with zero attached hydrogens (tertiary/aromatic N) is 2. The largest absolute Gasteiger partial charge is 0.497 e. The minimum Gasteiger partial charge on any atom is -0.497 e. The van der Waals surface area contributed by atoms with Crippen LogP contribution in [0.3, 0.4) is 0 Å². The van der Waals surface area contributed by atoms with Gasteiger partial charge in [-0.05, 0) is 29.7 Å². The lowest BCUT2D eigenvalue weighted by atomic mass is 9.92. The summed E-state index contributed by atoms with van der Waals surface area (Å²) in [4.78, 5) is 51.5. The molecule has 0 radical (unpaired) electrons. The average molecular weight is 464 g/mol. The van der Waals surface area contributed by atoms with Gasteiger partial charge in [-0.2, -0.15) is 4.79 Å². The van der Waals surface area contributed by atoms with Gasteiger partial charge in [-0.3, -0.25) is 14.4 Å². The number of ketones is 1. The van der Waals surface area contributed by atoms with E-state index >= 15 is 0 Å². The Morgan fingerprint density at radius 2 is 1.76 bits per heavy atom. The molecule has 10 heteroatoms. The standard InChI is InChI=1S/C24H24N4O6/c1-33-17-9-7-16(8-10-17)14-34-24(32)22(28-25)19(29)12-11-18-21(23(31)26-18)27-20(30)13-15-5-3-2-4-6-15/h2-10,18,21H,11-14H2,1H3,(H,26,31)(H,27,30)/t18-,21-/m1/s1. The summed E-state index contributed by atoms with van der Waals surface area (Å²) in [6.07, 6.45) is 0.0797. The van der Waals surface area contributed by atoms with Crippen molar-refractivity contribution in [1.82, 2.24) is 10.6 Å². The van der Waals surface area contributed by atoms with Crippen LogP contribution in [0.2, 0.25) is 0 Å². The van der Waals surface area contributed by atoms with E-state index in [-0.39, 0.29) is 37.7 Å². The normalized spacial score (nSPS) is 16.3. The summed E-state index contributed by atoms with van der Waals surface area (Å²) in [5.74, 6) is -1.83. The van der Waals surface area contributed by atoms with Crippen molar-refractivity contribution in [1.29, 1.82) is 0 Å². The number of benzene rings is 2. The maximum atomic E-state index is 12.4. The van der Waals surface area contributed by atoms with Crippen molar-refractivity contribution >= 4 is 29.3 Å². The predicted octanol–water partition coefficient (Wildman–Crippen LogP) is 0.984. The van der Waals surface area contributed by atoms with Crippen LogP contribution in [-0.4, -0.2) is 53.3 Å². The minimum absolute atomic E-state index is 0.122. The molecule has 2 amide bonds. The van der Waals surface area contributed by atoms with Gasteiger partial charge in [0.25, 0.3) is 5.78 Å². The average Bonchev–Trinajstić information content (AvgIpc) is 2.85. The van der Waals surface area contributed by atoms with Crippen molar-refractivity contribution in [2.24, 2.45) is 0 Å². The number of nitrogens with one attached hydrogen (secondary N) is 2. The van der Waals surface area contributed by atoms with E-state index in [1.165, 1.54) is 7.11 Å². The lowest BCUT2D eigenvalue weighted by molar-refractivity contribution is -0.143. The highest BCUT2D eigenvalue weighted by Crippen LogP contribution is 2.15. The van der Waals surface area contributed by atoms with Crippen LogP contribution in [-0.2, 0) is 36.9 Å². The third kappa shape index (κ3) is 6.36. The van der Waals surface area contributed by atoms with E-state index in [1.807, 2.05) is 18.2 Å². The Kier molecular flexibility index (Phi) is 8.26. The van der Waals surface area contributed by atoms with E-state index in [0.717, 1.165) is 5.56 Å². The zero-order valence-corrected chi connectivity index (χ0v) is 18.5. The van der Waals surface area contributed by atoms with Gasteiger partial charge in [0.15, 0.2) is 0 Å². The fourth-order valence-corrected chi connectivity index (χ4v) is 3.41. The number of rotatable bonds is 11. The molecule has 1 saturated heterocycles. The van der Waals surface area contributed by atoms with Crippen LogP contribution < -0.4 is 15.4 Å². The SMILES string of the molecule is COc1ccc(COC(=O)C(=[N+]=[N-])C(=O)CC[C@H]2NC(=O)[C@@H]2NC(=O)Cc2ccccc2)cc1. The van der Waals surface area contributed by atoms with E-state index in [0.29, 0.717) is 11.3 Å². The Morgan fingerprint density at radius 1 is 1.06 bits per heavy atom. The topological polar surface area (TPSA) is 147 Å². The van der Waals surface area contributed by atoms with Gasteiger partial charge in [-0.1, -0.05) is 42.5 Å². The Bertz CT molecular complexity index is 1110. The number of carbonyl (C=O) groups is 4. The van der Waals surface area contributed by atoms with Gasteiger partial charge in [0, 0.05) is 6.42 Å². The van der Waals surface area contributed by atoms with Gasteiger partial charge in [-0.15, -0.1) is 0 Å². The number of hydrogen-bond donors (Lipinski definition) is 2. The molecule has 10 nitrogen and oxygen atoms in total. The number of amides is 2. The minimum atomic E-state index is -1.06. The summed E-state index contributed by atoms with van der Waals surface area (Å²) >= 11 is 0. The van der Waals surface area contributed by atoms with Crippen molar-refractivity contribution < 1.29 is 33.4 Å². The van der Waals surface area contributed by atoms with E-state index in [2.05, 4.69) is 15.4 Å². The summed E-state index contributed by atoms with van der Waals surface area (Å²) in [6.45, 7) is -0.122. The molecule has 0 unspecified atom stereocenters. The highest BCUT2D eigenvalue weighted by molar-refractivity contribution is 6.62. The van der Waals surface area contributed by atoms with Crippen LogP contribution in [0.4, 0.5) is 0 Å². The van der Waals surface area contributed by atoms with Gasteiger partial charge < -0.3 is 25.6 Å². The zero-order valence-electron chi connectivity index (χ0n) is 18.5. The Balaban J connectivity index is 1.46. The van der Waals surface area contributed by atoms with Gasteiger partial charge in [0.05, 0.1) is 19.6 Å². The molecule has 3 rings (SSSR count). The summed E-state index contributed by atoms with van der Waals surface area (Å²) in [6, 6.07) is 14.6. The first-order chi connectivity index (χ1) is 16.4. The molecule has 0 aromatic heterocycles. The molecule has 0 saturated carbocycles. The molecule has 0 spiro atoms. The van der Waals surface area contributed by atoms with E-state index in [4.69, 9.17) is 15.0 Å². The van der Waals surface area contributed by atoms with Crippen LogP contribution in [0.25, 0.3) is 5.53 Å². The second kappa shape index (κ2) is 11.5. The maximum Gasteiger partial charge on any atom is 0.441 e. The molecule has 0 bridgehead atoms. The predicted molar refractivity (Wildman–Crippen MR) is 120 cm³/mol. The third-order valence-corrected chi connectivity index (χ3v) is 5.31. The molecular formula is C24H24N4O6. The number of ether oxygens (including phenoxy) is 2. The lowest BCUT2D eigenvalue weighted by Gasteiger charge is -2.37. The fraction of sp³-hybridized carbons (Fsp3) is 0.292. The number of methoxy groups -OCH3 is 1. The molecule has 176 valence electrons. The number of hydrogen-bond acceptors (Lipinski definition) is 6. The highest BCUT2D eigenvalue weighted by atomic mass is 16.5. The smallest absolute Gasteiger partial charge is 0.441 e. The molecule has 2 N–H and O–H groups in total. The molecule has 2 aromatic rings. The van der Waals surface area contributed by atoms with Crippen LogP contribution in [0.1, 0.15) is 24.0 Å². The molecule has 1 heterocycles. The molecular weight excluding hydrogens is 440 g/mol. The third-order valence-electron chi connectivity index (χ3n) is 5.31. The van der Waals surface area contributed by atoms with E-state index < -0.39 is 29.5 Å². The Labute approximate surface area is 195 Å². The number of carbonyl (C=O) groups excluding carboxylic acids is 4. The first-order valence-electron chi connectivity index (χ1n) is 10.6. The number of β-lactam (4-membered cyclic amide) rings is 1. The molecule has 34 heavy (non-hydrogen) atoms. The molecule has 1 aliphatic rings. The molecule has 2 aromatic carbocycles. The highest BCUT2D eigenvalue weighted by Gasteiger charge is 2.41. The quantitative estimate of drug-likeness (QED) is 0.127. The van der Waals surface area contributed by atoms with Gasteiger partial charge in [0.1, 0.15) is 18.4 Å². The summed E-state index contributed by atoms with van der Waals surface area (Å²) in [5, 5.41) is 5.28. The van der Waals surface area contributed by atoms with Gasteiger partial charge in [-0.25, -0.2) is 4.79 Å². The first-order valence-corrected chi connectivity index (χ1v) is 10.6. The molecule has 0 aliphatic carbocycles. The number of esters is 1. The second-order valence-corrected chi connectivity index (χ2v) is 7.66. The maximum absolute atomic E-state index is 12.4. The van der Waals surface area contributed by atoms with Crippen molar-refractivity contribution in [2.45, 2.75) is 38.0 Å². The number of Topliss-reactive ketones (excluding diaryl/α,β-unsaturated/α-hetero) is 1. The second-order valence-electron chi connectivity index (χ2n) is 7.66. The molecule has 1 aliphatic heterocycles. The van der Waals surface area contributed by atoms with Crippen LogP contribution in [0.5, 0.6) is 5.75 Å². The van der Waals surface area contributed by atoms with E-state index in [1.54, 1.807) is 36.4 Å². The fourth-order valence-electron chi connectivity index (χ4n) is 3.41. The van der Waals surface area contributed by atoms with Crippen LogP contribution in [0, 0.1) is 0 Å². The van der Waals surface area contributed by atoms with Crippen molar-refractivity contribution in [2.75, 3.05) is 7.11 Å². The van der Waals surface area contributed by atoms with E-state index in [9.17, 15) is 19.2 Å². The van der Waals surface area contributed by atoms with Crippen LogP contribution >= 0.6 is 0 Å². The zero-order chi connectivity index (χ0) is 24.5. The Hall–Kier alpha value is -4.30. The molecule has 1 fully saturated rings. The summed E-state index contributed by atoms with van der Waals surface area (Å²) in [5.41, 5.74) is 9.88. The van der Waals surface area contributed by atoms with Crippen LogP contribution in [0.15, 0.2) is 54.6 Å². The summed E-state index contributed by atoms with van der Waals surface area (Å²) in [7, 11) is 1.53. The van der Waals surface area contributed by atoms with Crippen molar-refractivity contribution in [3.8, 4) is 5.75 Å². The lowest BCUT2D eigenvalue weighted by Crippen LogP contribution is -2.69. The summed E-state index contributed by atoms with van der Waals surface area (Å²) < 4.78 is 10.1.